The molecule has 2 atom stereocenters. The van der Waals surface area contributed by atoms with Crippen LogP contribution in [0.5, 0.6) is 0 Å². The lowest BCUT2D eigenvalue weighted by Gasteiger charge is -2.27. The first-order chi connectivity index (χ1) is 10.2. The zero-order valence-electron chi connectivity index (χ0n) is 13.2. The second-order valence-corrected chi connectivity index (χ2v) is 5.13. The van der Waals surface area contributed by atoms with Crippen molar-refractivity contribution in [2.24, 2.45) is 5.92 Å². The number of carboxylic acid groups (broad SMARTS) is 2. The van der Waals surface area contributed by atoms with Gasteiger partial charge in [0, 0.05) is 0 Å². The SMILES string of the molecule is CCCC=C(CC)COC(=O)C(C)C(O)(CC(=O)O)C(=O)O. The van der Waals surface area contributed by atoms with Crippen LogP contribution in [0.1, 0.15) is 46.5 Å². The molecule has 0 saturated carbocycles. The van der Waals surface area contributed by atoms with Gasteiger partial charge in [-0.2, -0.15) is 0 Å². The highest BCUT2D eigenvalue weighted by Gasteiger charge is 2.48. The molecule has 0 radical (unpaired) electrons. The van der Waals surface area contributed by atoms with E-state index in [0.717, 1.165) is 25.3 Å². The average molecular weight is 316 g/mol. The van der Waals surface area contributed by atoms with E-state index in [1.165, 1.54) is 0 Å². The number of rotatable bonds is 10. The summed E-state index contributed by atoms with van der Waals surface area (Å²) in [5.41, 5.74) is -1.80. The van der Waals surface area contributed by atoms with Gasteiger partial charge in [-0.25, -0.2) is 4.79 Å². The van der Waals surface area contributed by atoms with Crippen molar-refractivity contribution >= 4 is 17.9 Å². The molecular weight excluding hydrogens is 292 g/mol. The van der Waals surface area contributed by atoms with Gasteiger partial charge < -0.3 is 20.1 Å². The minimum absolute atomic E-state index is 0.00242. The van der Waals surface area contributed by atoms with Gasteiger partial charge in [0.1, 0.15) is 6.61 Å². The molecule has 0 bridgehead atoms. The van der Waals surface area contributed by atoms with Crippen LogP contribution in [0.15, 0.2) is 11.6 Å². The number of esters is 1. The van der Waals surface area contributed by atoms with Crippen LogP contribution in [0.4, 0.5) is 0 Å². The summed E-state index contributed by atoms with van der Waals surface area (Å²) in [6.07, 6.45) is 3.34. The number of unbranched alkanes of at least 4 members (excludes halogenated alkanes) is 1. The molecule has 0 aromatic rings. The predicted molar refractivity (Wildman–Crippen MR) is 78.2 cm³/mol. The van der Waals surface area contributed by atoms with Crippen molar-refractivity contribution in [1.82, 2.24) is 0 Å². The zero-order valence-corrected chi connectivity index (χ0v) is 13.2. The molecule has 0 aliphatic heterocycles. The van der Waals surface area contributed by atoms with Crippen molar-refractivity contribution < 1.29 is 34.4 Å². The molecule has 0 aliphatic rings. The third kappa shape index (κ3) is 5.85. The number of ether oxygens (including phenoxy) is 1. The lowest BCUT2D eigenvalue weighted by atomic mass is 9.86. The van der Waals surface area contributed by atoms with Crippen LogP contribution in [0.2, 0.25) is 0 Å². The van der Waals surface area contributed by atoms with Gasteiger partial charge in [0.05, 0.1) is 12.3 Å². The first-order valence-electron chi connectivity index (χ1n) is 7.21. The van der Waals surface area contributed by atoms with Crippen molar-refractivity contribution in [1.29, 1.82) is 0 Å². The van der Waals surface area contributed by atoms with Crippen LogP contribution in [0, 0.1) is 5.92 Å². The Bertz CT molecular complexity index is 441. The number of carboxylic acids is 2. The number of aliphatic carboxylic acids is 2. The van der Waals surface area contributed by atoms with Crippen molar-refractivity contribution in [2.75, 3.05) is 6.61 Å². The Balaban J connectivity index is 4.88. The number of allylic oxidation sites excluding steroid dienone is 1. The molecule has 3 N–H and O–H groups in total. The standard InChI is InChI=1S/C15H24O7/c1-4-6-7-11(5-2)9-22-13(18)10(3)15(21,14(19)20)8-12(16)17/h7,10,21H,4-6,8-9H2,1-3H3,(H,16,17)(H,19,20). The fraction of sp³-hybridized carbons (Fsp3) is 0.667. The maximum atomic E-state index is 11.9. The van der Waals surface area contributed by atoms with E-state index in [2.05, 4.69) is 0 Å². The van der Waals surface area contributed by atoms with E-state index in [1.54, 1.807) is 0 Å². The summed E-state index contributed by atoms with van der Waals surface area (Å²) in [6.45, 7) is 5.05. The van der Waals surface area contributed by atoms with Gasteiger partial charge in [-0.3, -0.25) is 9.59 Å². The highest BCUT2D eigenvalue weighted by molar-refractivity contribution is 5.89. The first kappa shape index (κ1) is 20.1. The Morgan fingerprint density at radius 3 is 2.23 bits per heavy atom. The van der Waals surface area contributed by atoms with Crippen LogP contribution in [0.25, 0.3) is 0 Å². The summed E-state index contributed by atoms with van der Waals surface area (Å²) < 4.78 is 5.01. The van der Waals surface area contributed by atoms with Crippen molar-refractivity contribution in [3.05, 3.63) is 11.6 Å². The topological polar surface area (TPSA) is 121 Å². The lowest BCUT2D eigenvalue weighted by molar-refractivity contribution is -0.179. The quantitative estimate of drug-likeness (QED) is 0.413. The zero-order chi connectivity index (χ0) is 17.3. The summed E-state index contributed by atoms with van der Waals surface area (Å²) in [5, 5.41) is 27.7. The summed E-state index contributed by atoms with van der Waals surface area (Å²) in [5.74, 6) is -5.72. The molecule has 0 aromatic heterocycles. The van der Waals surface area contributed by atoms with E-state index in [-0.39, 0.29) is 6.61 Å². The Morgan fingerprint density at radius 1 is 1.23 bits per heavy atom. The van der Waals surface area contributed by atoms with Crippen LogP contribution >= 0.6 is 0 Å². The Kier molecular flexibility index (Phi) is 8.40. The smallest absolute Gasteiger partial charge is 0.337 e. The lowest BCUT2D eigenvalue weighted by Crippen LogP contribution is -2.50. The van der Waals surface area contributed by atoms with E-state index >= 15 is 0 Å². The molecule has 0 heterocycles. The predicted octanol–water partition coefficient (Wildman–Crippen LogP) is 1.59. The minimum Gasteiger partial charge on any atom is -0.481 e. The summed E-state index contributed by atoms with van der Waals surface area (Å²) in [7, 11) is 0. The Morgan fingerprint density at radius 2 is 1.82 bits per heavy atom. The molecule has 7 heteroatoms. The maximum Gasteiger partial charge on any atom is 0.337 e. The third-order valence-electron chi connectivity index (χ3n) is 3.44. The van der Waals surface area contributed by atoms with Crippen LogP contribution in [-0.2, 0) is 19.1 Å². The van der Waals surface area contributed by atoms with E-state index in [0.29, 0.717) is 6.42 Å². The number of hydrogen-bond donors (Lipinski definition) is 3. The molecule has 0 fully saturated rings. The summed E-state index contributed by atoms with van der Waals surface area (Å²) >= 11 is 0. The molecule has 0 amide bonds. The molecule has 7 nitrogen and oxygen atoms in total. The third-order valence-corrected chi connectivity index (χ3v) is 3.44. The van der Waals surface area contributed by atoms with E-state index in [4.69, 9.17) is 14.9 Å². The number of carbonyl (C=O) groups excluding carboxylic acids is 1. The van der Waals surface area contributed by atoms with Gasteiger partial charge in [-0.05, 0) is 25.3 Å². The normalized spacial score (nSPS) is 15.7. The fourth-order valence-corrected chi connectivity index (χ4v) is 1.78. The molecule has 22 heavy (non-hydrogen) atoms. The first-order valence-corrected chi connectivity index (χ1v) is 7.21. The molecule has 126 valence electrons. The summed E-state index contributed by atoms with van der Waals surface area (Å²) in [4.78, 5) is 33.7. The largest absolute Gasteiger partial charge is 0.481 e. The van der Waals surface area contributed by atoms with E-state index in [1.807, 2.05) is 19.9 Å². The molecule has 0 rings (SSSR count). The van der Waals surface area contributed by atoms with Gasteiger partial charge in [0.2, 0.25) is 0 Å². The molecule has 0 aliphatic carbocycles. The van der Waals surface area contributed by atoms with Gasteiger partial charge in [0.15, 0.2) is 5.60 Å². The molecule has 0 aromatic carbocycles. The average Bonchev–Trinajstić information content (AvgIpc) is 2.45. The van der Waals surface area contributed by atoms with Gasteiger partial charge in [-0.1, -0.05) is 26.3 Å². The fourth-order valence-electron chi connectivity index (χ4n) is 1.78. The van der Waals surface area contributed by atoms with Crippen molar-refractivity contribution in [3.8, 4) is 0 Å². The van der Waals surface area contributed by atoms with Crippen LogP contribution in [0.3, 0.4) is 0 Å². The Hall–Kier alpha value is -1.89. The number of carbonyl (C=O) groups is 3. The van der Waals surface area contributed by atoms with E-state index < -0.39 is 35.8 Å². The van der Waals surface area contributed by atoms with Crippen molar-refractivity contribution in [3.63, 3.8) is 0 Å². The monoisotopic (exact) mass is 316 g/mol. The molecule has 2 unspecified atom stereocenters. The van der Waals surface area contributed by atoms with Gasteiger partial charge >= 0.3 is 17.9 Å². The van der Waals surface area contributed by atoms with Crippen molar-refractivity contribution in [2.45, 2.75) is 52.1 Å². The Labute approximate surface area is 129 Å². The van der Waals surface area contributed by atoms with Crippen LogP contribution < -0.4 is 0 Å². The summed E-state index contributed by atoms with van der Waals surface area (Å²) in [6, 6.07) is 0. The van der Waals surface area contributed by atoms with Crippen LogP contribution in [-0.4, -0.2) is 45.4 Å². The second-order valence-electron chi connectivity index (χ2n) is 5.13. The van der Waals surface area contributed by atoms with E-state index in [9.17, 15) is 19.5 Å². The molecule has 0 saturated heterocycles. The van der Waals surface area contributed by atoms with Gasteiger partial charge in [-0.15, -0.1) is 0 Å². The minimum atomic E-state index is -2.69. The molecule has 0 spiro atoms. The number of aliphatic hydroxyl groups is 1. The highest BCUT2D eigenvalue weighted by atomic mass is 16.5. The maximum absolute atomic E-state index is 11.9. The second kappa shape index (κ2) is 9.19. The highest BCUT2D eigenvalue weighted by Crippen LogP contribution is 2.24. The number of hydrogen-bond acceptors (Lipinski definition) is 5. The van der Waals surface area contributed by atoms with Gasteiger partial charge in [0.25, 0.3) is 0 Å². The molecular formula is C15H24O7.